The molecule has 5 rings (SSSR count). The van der Waals surface area contributed by atoms with Crippen molar-refractivity contribution in [2.45, 2.75) is 64.8 Å². The zero-order valence-corrected chi connectivity index (χ0v) is 22.2. The Hall–Kier alpha value is -2.73. The zero-order valence-electron chi connectivity index (χ0n) is 22.2. The first-order chi connectivity index (χ1) is 17.4. The molecule has 0 unspecified atom stereocenters. The fourth-order valence-corrected chi connectivity index (χ4v) is 5.77. The van der Waals surface area contributed by atoms with Crippen molar-refractivity contribution in [2.24, 2.45) is 0 Å². The van der Waals surface area contributed by atoms with E-state index in [-0.39, 0.29) is 6.04 Å². The molecule has 3 aliphatic rings. The van der Waals surface area contributed by atoms with E-state index in [0.29, 0.717) is 25.1 Å². The number of nitriles is 1. The van der Waals surface area contributed by atoms with E-state index in [1.807, 2.05) is 0 Å². The summed E-state index contributed by atoms with van der Waals surface area (Å²) in [6, 6.07) is 10.1. The van der Waals surface area contributed by atoms with E-state index in [1.54, 1.807) is 0 Å². The molecule has 3 aliphatic heterocycles. The third-order valence-corrected chi connectivity index (χ3v) is 8.40. The summed E-state index contributed by atoms with van der Waals surface area (Å²) in [7, 11) is 4.28. The second-order valence-electron chi connectivity index (χ2n) is 10.8. The largest absolute Gasteiger partial charge is 0.462 e. The minimum atomic E-state index is 0.207. The number of fused-ring (bicyclic) bond motifs is 1. The Balaban J connectivity index is 1.40. The van der Waals surface area contributed by atoms with Crippen LogP contribution >= 0.6 is 0 Å². The number of hydrogen-bond acceptors (Lipinski definition) is 8. The van der Waals surface area contributed by atoms with Gasteiger partial charge in [-0.15, -0.1) is 0 Å². The first-order valence-electron chi connectivity index (χ1n) is 13.3. The van der Waals surface area contributed by atoms with Crippen molar-refractivity contribution in [3.05, 3.63) is 46.1 Å². The van der Waals surface area contributed by atoms with Crippen LogP contribution in [0.25, 0.3) is 0 Å². The lowest BCUT2D eigenvalue weighted by atomic mass is 10.0. The van der Waals surface area contributed by atoms with Gasteiger partial charge in [-0.05, 0) is 64.0 Å². The van der Waals surface area contributed by atoms with Crippen LogP contribution in [0.5, 0.6) is 6.01 Å². The maximum atomic E-state index is 9.35. The topological polar surface area (TPSA) is 71.8 Å². The van der Waals surface area contributed by atoms with Crippen molar-refractivity contribution in [3.8, 4) is 12.1 Å². The molecule has 0 saturated carbocycles. The van der Waals surface area contributed by atoms with Crippen LogP contribution in [0.1, 0.15) is 47.2 Å². The molecule has 2 fully saturated rings. The quantitative estimate of drug-likeness (QED) is 0.588. The summed E-state index contributed by atoms with van der Waals surface area (Å²) in [6.07, 6.45) is 2.90. The van der Waals surface area contributed by atoms with Crippen LogP contribution < -0.4 is 9.64 Å². The van der Waals surface area contributed by atoms with E-state index in [4.69, 9.17) is 14.7 Å². The second-order valence-corrected chi connectivity index (χ2v) is 10.8. The summed E-state index contributed by atoms with van der Waals surface area (Å²) in [5.74, 6) is 0.995. The predicted molar refractivity (Wildman–Crippen MR) is 141 cm³/mol. The Morgan fingerprint density at radius 1 is 1.06 bits per heavy atom. The summed E-state index contributed by atoms with van der Waals surface area (Å²) in [4.78, 5) is 19.4. The number of anilines is 1. The van der Waals surface area contributed by atoms with Crippen molar-refractivity contribution in [3.63, 3.8) is 0 Å². The Bertz CT molecular complexity index is 1130. The minimum absolute atomic E-state index is 0.207. The number of benzene rings is 1. The molecule has 2 aromatic rings. The van der Waals surface area contributed by atoms with Crippen LogP contribution in [0.4, 0.5) is 5.82 Å². The molecule has 0 spiro atoms. The third-order valence-electron chi connectivity index (χ3n) is 8.40. The number of hydrogen-bond donors (Lipinski definition) is 0. The number of rotatable bonds is 7. The molecule has 36 heavy (non-hydrogen) atoms. The maximum absolute atomic E-state index is 9.35. The molecule has 2 saturated heterocycles. The summed E-state index contributed by atoms with van der Waals surface area (Å²) < 4.78 is 6.23. The third kappa shape index (κ3) is 5.19. The van der Waals surface area contributed by atoms with E-state index in [1.165, 1.54) is 28.7 Å². The van der Waals surface area contributed by atoms with Crippen LogP contribution in [-0.2, 0) is 19.6 Å². The SMILES string of the molecule is Cc1cccc(CN2Cc3nc(OC[C@@H]4CCCN4C)nc(N4CCN(C)[C@@H](CC#N)C4)c3C2)c1C. The summed E-state index contributed by atoms with van der Waals surface area (Å²) in [5.41, 5.74) is 6.36. The van der Waals surface area contributed by atoms with Gasteiger partial charge in [-0.1, -0.05) is 18.2 Å². The highest BCUT2D eigenvalue weighted by atomic mass is 16.5. The molecule has 2 atom stereocenters. The van der Waals surface area contributed by atoms with E-state index >= 15 is 0 Å². The number of aromatic nitrogens is 2. The van der Waals surface area contributed by atoms with Crippen molar-refractivity contribution in [2.75, 3.05) is 51.8 Å². The van der Waals surface area contributed by atoms with Crippen LogP contribution in [0, 0.1) is 25.2 Å². The fourth-order valence-electron chi connectivity index (χ4n) is 5.77. The van der Waals surface area contributed by atoms with Gasteiger partial charge in [0.15, 0.2) is 0 Å². The lowest BCUT2D eigenvalue weighted by Gasteiger charge is -2.39. The molecule has 1 aromatic heterocycles. The monoisotopic (exact) mass is 489 g/mol. The van der Waals surface area contributed by atoms with Crippen LogP contribution in [-0.4, -0.2) is 83.6 Å². The lowest BCUT2D eigenvalue weighted by Crippen LogP contribution is -2.51. The Labute approximate surface area is 215 Å². The first-order valence-corrected chi connectivity index (χ1v) is 13.3. The number of nitrogens with zero attached hydrogens (tertiary/aromatic N) is 7. The number of aryl methyl sites for hydroxylation is 1. The second kappa shape index (κ2) is 10.7. The van der Waals surface area contributed by atoms with E-state index in [9.17, 15) is 5.26 Å². The highest BCUT2D eigenvalue weighted by Gasteiger charge is 2.32. The summed E-state index contributed by atoms with van der Waals surface area (Å²) in [5, 5.41) is 9.35. The van der Waals surface area contributed by atoms with Gasteiger partial charge in [0.1, 0.15) is 12.4 Å². The normalized spacial score (nSPS) is 23.1. The Kier molecular flexibility index (Phi) is 7.42. The first kappa shape index (κ1) is 24.9. The summed E-state index contributed by atoms with van der Waals surface area (Å²) in [6.45, 7) is 11.3. The molecular formula is C28H39N7O. The average Bonchev–Trinajstić information content (AvgIpc) is 3.47. The van der Waals surface area contributed by atoms with Gasteiger partial charge in [-0.25, -0.2) is 0 Å². The fraction of sp³-hybridized carbons (Fsp3) is 0.607. The minimum Gasteiger partial charge on any atom is -0.462 e. The van der Waals surface area contributed by atoms with Gasteiger partial charge >= 0.3 is 6.01 Å². The van der Waals surface area contributed by atoms with Crippen LogP contribution in [0.15, 0.2) is 18.2 Å². The molecule has 0 N–H and O–H groups in total. The number of likely N-dealkylation sites (tertiary alicyclic amines) is 1. The van der Waals surface area contributed by atoms with Gasteiger partial charge in [0.2, 0.25) is 0 Å². The van der Waals surface area contributed by atoms with Gasteiger partial charge in [0, 0.05) is 56.9 Å². The average molecular weight is 490 g/mol. The molecule has 192 valence electrons. The lowest BCUT2D eigenvalue weighted by molar-refractivity contribution is 0.187. The molecule has 0 amide bonds. The van der Waals surface area contributed by atoms with Gasteiger partial charge in [0.25, 0.3) is 0 Å². The van der Waals surface area contributed by atoms with Gasteiger partial charge < -0.3 is 14.5 Å². The maximum Gasteiger partial charge on any atom is 0.318 e. The molecule has 0 bridgehead atoms. The smallest absolute Gasteiger partial charge is 0.318 e. The Morgan fingerprint density at radius 2 is 1.89 bits per heavy atom. The predicted octanol–water partition coefficient (Wildman–Crippen LogP) is 3.12. The molecule has 4 heterocycles. The van der Waals surface area contributed by atoms with Crippen molar-refractivity contribution in [1.29, 1.82) is 5.26 Å². The van der Waals surface area contributed by atoms with Crippen molar-refractivity contribution in [1.82, 2.24) is 24.7 Å². The van der Waals surface area contributed by atoms with E-state index in [0.717, 1.165) is 63.7 Å². The van der Waals surface area contributed by atoms with Crippen molar-refractivity contribution >= 4 is 5.82 Å². The van der Waals surface area contributed by atoms with Crippen molar-refractivity contribution < 1.29 is 4.74 Å². The van der Waals surface area contributed by atoms with Crippen LogP contribution in [0.2, 0.25) is 0 Å². The summed E-state index contributed by atoms with van der Waals surface area (Å²) >= 11 is 0. The highest BCUT2D eigenvalue weighted by Crippen LogP contribution is 2.34. The number of piperazine rings is 1. The number of ether oxygens (including phenoxy) is 1. The molecule has 1 aromatic carbocycles. The highest BCUT2D eigenvalue weighted by molar-refractivity contribution is 5.52. The molecule has 0 aliphatic carbocycles. The van der Waals surface area contributed by atoms with Gasteiger partial charge in [-0.2, -0.15) is 15.2 Å². The molecule has 0 radical (unpaired) electrons. The van der Waals surface area contributed by atoms with E-state index < -0.39 is 0 Å². The zero-order chi connectivity index (χ0) is 25.2. The molecule has 8 heteroatoms. The van der Waals surface area contributed by atoms with Gasteiger partial charge in [-0.3, -0.25) is 9.80 Å². The van der Waals surface area contributed by atoms with Gasteiger partial charge in [0.05, 0.1) is 18.2 Å². The Morgan fingerprint density at radius 3 is 2.67 bits per heavy atom. The van der Waals surface area contributed by atoms with E-state index in [2.05, 4.69) is 71.8 Å². The molecule has 8 nitrogen and oxygen atoms in total. The standard InChI is InChI=1S/C28H39N7O/c1-20-7-5-8-22(21(20)2)15-34-17-25-26(18-34)30-28(36-19-24-9-6-12-32(24)3)31-27(25)35-14-13-33(4)23(16-35)10-11-29/h5,7-8,23-24H,6,9-10,12-19H2,1-4H3/t23-,24-/m0/s1. The number of likely N-dealkylation sites (N-methyl/N-ethyl adjacent to an activating group) is 2. The van der Waals surface area contributed by atoms with Crippen LogP contribution in [0.3, 0.4) is 0 Å². The molecular weight excluding hydrogens is 450 g/mol.